The number of carbonyl (C=O) groups is 7. The number of carboxylic acid groups (broad SMARTS) is 1. The van der Waals surface area contributed by atoms with Crippen LogP contribution in [0.25, 0.3) is 0 Å². The summed E-state index contributed by atoms with van der Waals surface area (Å²) in [5, 5.41) is 24.2. The van der Waals surface area contributed by atoms with Gasteiger partial charge in [0.15, 0.2) is 54.9 Å². The molecule has 0 aromatic carbocycles. The number of rotatable bonds is 17. The van der Waals surface area contributed by atoms with Crippen molar-refractivity contribution in [2.45, 2.75) is 134 Å². The fourth-order valence-corrected chi connectivity index (χ4v) is 21.4. The zero-order valence-electron chi connectivity index (χ0n) is 47.6. The number of hydrogen-bond donors (Lipinski definition) is 5. The number of nitrogens with two attached hydrogens (primary N) is 3. The van der Waals surface area contributed by atoms with E-state index in [0.717, 1.165) is 31.3 Å². The van der Waals surface area contributed by atoms with Gasteiger partial charge in [-0.05, 0) is 78.6 Å². The Hall–Kier alpha value is -4.60. The molecule has 6 heterocycles. The van der Waals surface area contributed by atoms with Crippen molar-refractivity contribution in [3.63, 3.8) is 0 Å². The molecule has 0 saturated carbocycles. The summed E-state index contributed by atoms with van der Waals surface area (Å²) in [4.78, 5) is 78.2. The molecule has 88 heavy (non-hydrogen) atoms. The van der Waals surface area contributed by atoms with Gasteiger partial charge in [0.1, 0.15) is 25.3 Å². The Morgan fingerprint density at radius 1 is 0.580 bits per heavy atom. The predicted molar refractivity (Wildman–Crippen MR) is 316 cm³/mol. The fourth-order valence-electron chi connectivity index (χ4n) is 7.91. The number of fused-ring (bicyclic) bond motifs is 3. The summed E-state index contributed by atoms with van der Waals surface area (Å²) in [5.41, 5.74) is 0.0345. The summed E-state index contributed by atoms with van der Waals surface area (Å²) in [5.74, 6) is -3.33. The first kappa shape index (κ1) is 79.5. The minimum absolute atomic E-state index is 0.00526. The Labute approximate surface area is 534 Å². The van der Waals surface area contributed by atoms with E-state index in [4.69, 9.17) is 53.2 Å². The molecule has 3 aliphatic heterocycles. The number of thiophene rings is 3. The third-order valence-electron chi connectivity index (χ3n) is 12.0. The van der Waals surface area contributed by atoms with Crippen molar-refractivity contribution in [2.24, 2.45) is 15.4 Å². The molecule has 3 aromatic heterocycles. The number of nitrogens with zero attached hydrogens (tertiary/aromatic N) is 2. The van der Waals surface area contributed by atoms with Crippen LogP contribution in [0.1, 0.15) is 109 Å². The van der Waals surface area contributed by atoms with Crippen LogP contribution in [0.4, 0.5) is 14.4 Å². The number of esters is 3. The number of sulfonamides is 3. The largest absolute Gasteiger partial charge is 0.479 e. The first-order chi connectivity index (χ1) is 40.4. The van der Waals surface area contributed by atoms with Gasteiger partial charge in [-0.1, -0.05) is 30.1 Å². The normalized spacial score (nSPS) is 20.0. The Morgan fingerprint density at radius 2 is 0.932 bits per heavy atom. The number of halogens is 3. The Balaban J connectivity index is 0.000000412. The van der Waals surface area contributed by atoms with Gasteiger partial charge >= 0.3 is 41.5 Å². The number of carboxylic acids is 1. The number of alkyl halides is 2. The monoisotopic (exact) mass is 1480 g/mol. The van der Waals surface area contributed by atoms with Crippen LogP contribution in [0.3, 0.4) is 0 Å². The van der Waals surface area contributed by atoms with E-state index < -0.39 is 149 Å². The zero-order valence-corrected chi connectivity index (χ0v) is 57.2. The molecule has 6 atom stereocenters. The molecule has 500 valence electrons. The molecule has 0 spiro atoms. The molecule has 0 aliphatic carbocycles. The second-order valence-electron chi connectivity index (χ2n) is 18.1. The van der Waals surface area contributed by atoms with Gasteiger partial charge in [-0.3, -0.25) is 9.59 Å². The molecule has 44 heteroatoms. The van der Waals surface area contributed by atoms with E-state index in [2.05, 4.69) is 35.9 Å². The Kier molecular flexibility index (Phi) is 30.4. The second kappa shape index (κ2) is 33.6. The van der Waals surface area contributed by atoms with Crippen LogP contribution in [0.15, 0.2) is 43.5 Å². The van der Waals surface area contributed by atoms with E-state index in [1.165, 1.54) is 35.8 Å². The zero-order chi connectivity index (χ0) is 67.8. The van der Waals surface area contributed by atoms with Crippen molar-refractivity contribution in [1.29, 1.82) is 0 Å². The van der Waals surface area contributed by atoms with Gasteiger partial charge in [-0.2, -0.15) is 0 Å². The van der Waals surface area contributed by atoms with Gasteiger partial charge in [-0.25, -0.2) is 89.9 Å². The van der Waals surface area contributed by atoms with Gasteiger partial charge in [-0.15, -0.1) is 34.0 Å². The highest BCUT2D eigenvalue weighted by molar-refractivity contribution is 7.96. The molecular formula is C44H63Cl3N6O26S9. The van der Waals surface area contributed by atoms with Gasteiger partial charge in [0.25, 0.3) is 0 Å². The van der Waals surface area contributed by atoms with Crippen molar-refractivity contribution in [1.82, 2.24) is 15.1 Å². The smallest absolute Gasteiger partial charge is 0.413 e. The summed E-state index contributed by atoms with van der Waals surface area (Å²) in [6.07, 6.45) is -1.04. The van der Waals surface area contributed by atoms with Crippen molar-refractivity contribution in [2.75, 3.05) is 51.8 Å². The lowest BCUT2D eigenvalue weighted by Gasteiger charge is -2.35. The predicted octanol–water partition coefficient (Wildman–Crippen LogP) is 3.99. The van der Waals surface area contributed by atoms with E-state index in [0.29, 0.717) is 41.2 Å². The molecular weight excluding hydrogens is 1420 g/mol. The molecule has 0 radical (unpaired) electrons. The molecule has 32 nitrogen and oxygen atoms in total. The summed E-state index contributed by atoms with van der Waals surface area (Å²) in [6.45, 7) is 11.2. The third-order valence-corrected chi connectivity index (χ3v) is 28.3. The number of amides is 2. The molecule has 3 aliphatic rings. The van der Waals surface area contributed by atoms with Crippen LogP contribution in [-0.4, -0.2) is 174 Å². The highest BCUT2D eigenvalue weighted by Crippen LogP contribution is 2.47. The van der Waals surface area contributed by atoms with Crippen molar-refractivity contribution in [3.05, 3.63) is 34.9 Å². The third kappa shape index (κ3) is 22.1. The molecule has 0 saturated heterocycles. The van der Waals surface area contributed by atoms with Crippen molar-refractivity contribution in [3.8, 4) is 0 Å². The quantitative estimate of drug-likeness (QED) is 0.0419. The summed E-state index contributed by atoms with van der Waals surface area (Å²) in [6, 6.07) is 1.66. The molecule has 0 fully saturated rings. The van der Waals surface area contributed by atoms with E-state index in [1.54, 1.807) is 20.8 Å². The SMILES string of the molecule is CC(=O)OCC(=O)O.CCN(C(=O)OCCl)[C@H]1C[C@H](C)S(=O)(=O)c2sc(S(N)(=O)=O)cc21.CCN(C(=O)OCOC(=O)COC(C)=O)[C@H]1C[C@H](C)S(=O)(=O)c2sc(S(N)(=O)=O)cc21.CCN[C@H]1C[C@H](C)S(=O)(=O)c2sc(S(N)(=O)=O)cc21.O=C(Cl)OCCl. The van der Waals surface area contributed by atoms with Crippen LogP contribution >= 0.6 is 68.8 Å². The summed E-state index contributed by atoms with van der Waals surface area (Å²) >= 11 is 16.8. The average Bonchev–Trinajstić information content (AvgIpc) is 1.80. The number of nitrogens with one attached hydrogen (secondary N) is 1. The van der Waals surface area contributed by atoms with Crippen LogP contribution in [-0.2, 0) is 107 Å². The lowest BCUT2D eigenvalue weighted by molar-refractivity contribution is -0.163. The maximum Gasteiger partial charge on any atom is 0.413 e. The number of primary sulfonamides is 3. The molecule has 3 aromatic rings. The molecule has 6 rings (SSSR count). The van der Waals surface area contributed by atoms with Crippen molar-refractivity contribution < 1.29 is 118 Å². The fraction of sp³-hybridized carbons (Fsp3) is 0.568. The number of aliphatic carboxylic acids is 1. The summed E-state index contributed by atoms with van der Waals surface area (Å²) < 4.78 is 170. The topological polar surface area (TPSA) is 497 Å². The van der Waals surface area contributed by atoms with E-state index >= 15 is 0 Å². The van der Waals surface area contributed by atoms with E-state index in [-0.39, 0.29) is 80.5 Å². The first-order valence-corrected chi connectivity index (χ1v) is 38.0. The molecule has 8 N–H and O–H groups in total. The standard InChI is InChI=1S/C16H22N2O10S3.C12H17ClN2O6S3.C10H16N2O4S3.C4H6O4.C2H2Cl2O2/c1-4-18(16(21)28-8-27-13(20)7-26-10(3)19)12-5-9(2)30(22,23)15-11(12)6-14(29-15)31(17,24)25;1-3-15(12(16)21-6-13)9-4-7(2)23(17,18)11-8(9)5-10(22-11)24(14,19)20;1-3-12-8-4-6(2)18(13,14)10-7(8)5-9(17-10)19(11,15)16;1-3(5)8-2-4(6)7;3-1-6-2(4)5/h6,9,12H,4-5,7-8H2,1-3H3,(H2,17,24,25);5,7,9H,3-4,6H2,1-2H3,(H2,14,19,20);5-6,8,12H,3-4H2,1-2H3,(H2,11,15,16);2H2,1H3,(H,6,7);1H2/t9-,12-;7-,9-;6-,8-;;/m000../s1. The van der Waals surface area contributed by atoms with Crippen LogP contribution < -0.4 is 20.7 Å². The lowest BCUT2D eigenvalue weighted by Crippen LogP contribution is -2.40. The average molecular weight is 1490 g/mol. The van der Waals surface area contributed by atoms with Crippen LogP contribution in [0.5, 0.6) is 0 Å². The van der Waals surface area contributed by atoms with E-state index in [9.17, 15) is 84.1 Å². The summed E-state index contributed by atoms with van der Waals surface area (Å²) in [7, 11) is -23.0. The minimum atomic E-state index is -4.15. The highest BCUT2D eigenvalue weighted by Gasteiger charge is 2.45. The minimum Gasteiger partial charge on any atom is -0.479 e. The van der Waals surface area contributed by atoms with Crippen LogP contribution in [0.2, 0.25) is 0 Å². The highest BCUT2D eigenvalue weighted by atomic mass is 35.5. The lowest BCUT2D eigenvalue weighted by atomic mass is 10.0. The number of ether oxygens (including phenoxy) is 6. The Morgan fingerprint density at radius 3 is 1.24 bits per heavy atom. The first-order valence-electron chi connectivity index (χ1n) is 24.8. The van der Waals surface area contributed by atoms with Gasteiger partial charge in [0.05, 0.1) is 27.8 Å². The molecule has 2 amide bonds. The maximum absolute atomic E-state index is 12.7. The molecule has 0 bridgehead atoms. The number of carbonyl (C=O) groups excluding carboxylic acids is 6. The number of sulfone groups is 3. The van der Waals surface area contributed by atoms with Gasteiger partial charge in [0, 0.05) is 61.3 Å². The second-order valence-corrected chi connectivity index (χ2v) is 35.0. The Bertz CT molecular complexity index is 3710. The van der Waals surface area contributed by atoms with Gasteiger partial charge in [0.2, 0.25) is 36.9 Å². The van der Waals surface area contributed by atoms with Gasteiger partial charge < -0.3 is 48.6 Å². The maximum atomic E-state index is 12.7. The number of hydrogen-bond acceptors (Lipinski definition) is 29. The molecule has 0 unspecified atom stereocenters. The van der Waals surface area contributed by atoms with Crippen LogP contribution in [0, 0.1) is 0 Å². The van der Waals surface area contributed by atoms with E-state index in [1.807, 2.05) is 6.92 Å². The van der Waals surface area contributed by atoms with Crippen molar-refractivity contribution >= 4 is 170 Å².